The molecule has 0 aliphatic carbocycles. The Hall–Kier alpha value is -3.56. The Morgan fingerprint density at radius 2 is 1.47 bits per heavy atom. The van der Waals surface area contributed by atoms with Gasteiger partial charge in [0.15, 0.2) is 0 Å². The smallest absolute Gasteiger partial charge is 0.264 e. The molecule has 0 aliphatic rings. The van der Waals surface area contributed by atoms with Crippen LogP contribution < -0.4 is 9.62 Å². The maximum absolute atomic E-state index is 14.3. The topological polar surface area (TPSA) is 86.8 Å². The van der Waals surface area contributed by atoms with Crippen LogP contribution in [-0.2, 0) is 32.6 Å². The molecule has 1 atom stereocenters. The molecular formula is C32H30Cl3N3O4S. The molecule has 0 unspecified atom stereocenters. The molecule has 0 saturated carbocycles. The van der Waals surface area contributed by atoms with E-state index in [0.717, 1.165) is 15.4 Å². The van der Waals surface area contributed by atoms with Crippen LogP contribution in [0, 0.1) is 6.92 Å². The van der Waals surface area contributed by atoms with E-state index in [9.17, 15) is 18.0 Å². The molecule has 43 heavy (non-hydrogen) atoms. The van der Waals surface area contributed by atoms with Crippen molar-refractivity contribution in [1.82, 2.24) is 10.2 Å². The number of nitrogens with one attached hydrogen (secondary N) is 1. The van der Waals surface area contributed by atoms with E-state index in [1.54, 1.807) is 42.5 Å². The fourth-order valence-corrected chi connectivity index (χ4v) is 6.54. The van der Waals surface area contributed by atoms with E-state index in [1.165, 1.54) is 36.2 Å². The van der Waals surface area contributed by atoms with Gasteiger partial charge in [0.25, 0.3) is 10.0 Å². The van der Waals surface area contributed by atoms with Crippen molar-refractivity contribution in [2.24, 2.45) is 0 Å². The molecule has 0 heterocycles. The second kappa shape index (κ2) is 14.3. The molecule has 0 bridgehead atoms. The van der Waals surface area contributed by atoms with E-state index < -0.39 is 34.4 Å². The third-order valence-corrected chi connectivity index (χ3v) is 9.50. The number of hydrogen-bond acceptors (Lipinski definition) is 4. The van der Waals surface area contributed by atoms with Crippen molar-refractivity contribution in [3.8, 4) is 0 Å². The van der Waals surface area contributed by atoms with E-state index in [0.29, 0.717) is 20.6 Å². The Labute approximate surface area is 267 Å². The zero-order valence-corrected chi connectivity index (χ0v) is 26.6. The van der Waals surface area contributed by atoms with Gasteiger partial charge >= 0.3 is 0 Å². The van der Waals surface area contributed by atoms with Gasteiger partial charge in [-0.25, -0.2) is 8.42 Å². The maximum Gasteiger partial charge on any atom is 0.264 e. The van der Waals surface area contributed by atoms with E-state index in [1.807, 2.05) is 37.3 Å². The van der Waals surface area contributed by atoms with Gasteiger partial charge in [-0.2, -0.15) is 0 Å². The van der Waals surface area contributed by atoms with E-state index in [4.69, 9.17) is 34.8 Å². The zero-order chi connectivity index (χ0) is 31.1. The van der Waals surface area contributed by atoms with Gasteiger partial charge in [-0.3, -0.25) is 13.9 Å². The number of amides is 2. The predicted octanol–water partition coefficient (Wildman–Crippen LogP) is 6.54. The molecule has 4 aromatic rings. The monoisotopic (exact) mass is 657 g/mol. The van der Waals surface area contributed by atoms with E-state index in [2.05, 4.69) is 5.32 Å². The highest BCUT2D eigenvalue weighted by molar-refractivity contribution is 7.92. The van der Waals surface area contributed by atoms with E-state index in [-0.39, 0.29) is 23.5 Å². The van der Waals surface area contributed by atoms with Crippen LogP contribution in [-0.4, -0.2) is 44.8 Å². The number of likely N-dealkylation sites (N-methyl/N-ethyl adjacent to an activating group) is 1. The molecule has 224 valence electrons. The molecular weight excluding hydrogens is 629 g/mol. The van der Waals surface area contributed by atoms with Crippen LogP contribution in [0.2, 0.25) is 15.1 Å². The summed E-state index contributed by atoms with van der Waals surface area (Å²) in [5.74, 6) is -1.02. The number of hydrogen-bond donors (Lipinski definition) is 1. The Bertz CT molecular complexity index is 1680. The second-order valence-electron chi connectivity index (χ2n) is 9.88. The summed E-state index contributed by atoms with van der Waals surface area (Å²) in [4.78, 5) is 29.0. The average Bonchev–Trinajstić information content (AvgIpc) is 2.99. The third kappa shape index (κ3) is 8.09. The minimum absolute atomic E-state index is 0.0373. The van der Waals surface area contributed by atoms with Crippen molar-refractivity contribution >= 4 is 62.3 Å². The standard InChI is InChI=1S/C32H30Cl3N3O4S/c1-22-8-14-27(15-9-22)38(43(41,42)28-16-12-25(33)13-17-28)21-31(39)37(20-24-10-11-26(34)19-29(24)35)30(32(40)36-2)18-23-6-4-3-5-7-23/h3-17,19,30H,18,20-21H2,1-2H3,(H,36,40)/t30-/m0/s1. The number of anilines is 1. The summed E-state index contributed by atoms with van der Waals surface area (Å²) in [6.45, 7) is 1.23. The Kier molecular flexibility index (Phi) is 10.7. The molecule has 1 N–H and O–H groups in total. The molecule has 0 fully saturated rings. The predicted molar refractivity (Wildman–Crippen MR) is 172 cm³/mol. The van der Waals surface area contributed by atoms with Gasteiger partial charge in [0.2, 0.25) is 11.8 Å². The number of aryl methyl sites for hydroxylation is 1. The fraction of sp³-hybridized carbons (Fsp3) is 0.188. The summed E-state index contributed by atoms with van der Waals surface area (Å²) in [5.41, 5.74) is 2.57. The highest BCUT2D eigenvalue weighted by Gasteiger charge is 2.34. The molecule has 0 aromatic heterocycles. The molecule has 0 aliphatic heterocycles. The van der Waals surface area contributed by atoms with Crippen molar-refractivity contribution in [1.29, 1.82) is 0 Å². The molecule has 2 amide bonds. The first-order valence-electron chi connectivity index (χ1n) is 13.3. The number of carbonyl (C=O) groups is 2. The average molecular weight is 659 g/mol. The van der Waals surface area contributed by atoms with Crippen LogP contribution in [0.1, 0.15) is 16.7 Å². The van der Waals surface area contributed by atoms with Crippen molar-refractivity contribution in [3.05, 3.63) is 129 Å². The van der Waals surface area contributed by atoms with Crippen molar-refractivity contribution in [2.45, 2.75) is 30.8 Å². The van der Waals surface area contributed by atoms with Crippen LogP contribution in [0.4, 0.5) is 5.69 Å². The van der Waals surface area contributed by atoms with Gasteiger partial charge in [-0.15, -0.1) is 0 Å². The fourth-order valence-electron chi connectivity index (χ4n) is 4.53. The maximum atomic E-state index is 14.3. The van der Waals surface area contributed by atoms with Crippen LogP contribution >= 0.6 is 34.8 Å². The number of carbonyl (C=O) groups excluding carboxylic acids is 2. The summed E-state index contributed by atoms with van der Waals surface area (Å²) < 4.78 is 29.0. The minimum atomic E-state index is -4.23. The molecule has 0 spiro atoms. The van der Waals surface area contributed by atoms with Gasteiger partial charge in [-0.1, -0.05) is 88.9 Å². The molecule has 4 aromatic carbocycles. The Balaban J connectivity index is 1.80. The lowest BCUT2D eigenvalue weighted by molar-refractivity contribution is -0.139. The van der Waals surface area contributed by atoms with Crippen LogP contribution in [0.25, 0.3) is 0 Å². The van der Waals surface area contributed by atoms with Gasteiger partial charge < -0.3 is 10.2 Å². The Morgan fingerprint density at radius 1 is 0.837 bits per heavy atom. The lowest BCUT2D eigenvalue weighted by Gasteiger charge is -2.33. The lowest BCUT2D eigenvalue weighted by Crippen LogP contribution is -2.53. The van der Waals surface area contributed by atoms with Crippen LogP contribution in [0.5, 0.6) is 0 Å². The van der Waals surface area contributed by atoms with Crippen molar-refractivity contribution in [2.75, 3.05) is 17.9 Å². The number of benzene rings is 4. The molecule has 0 radical (unpaired) electrons. The Morgan fingerprint density at radius 3 is 2.07 bits per heavy atom. The first kappa shape index (κ1) is 32.4. The lowest BCUT2D eigenvalue weighted by atomic mass is 10.0. The molecule has 0 saturated heterocycles. The number of halogens is 3. The summed E-state index contributed by atoms with van der Waals surface area (Å²) in [6, 6.07) is 25.7. The van der Waals surface area contributed by atoms with Crippen LogP contribution in [0.15, 0.2) is 102 Å². The molecule has 4 rings (SSSR count). The van der Waals surface area contributed by atoms with Crippen molar-refractivity contribution in [3.63, 3.8) is 0 Å². The first-order valence-corrected chi connectivity index (χ1v) is 15.9. The highest BCUT2D eigenvalue weighted by atomic mass is 35.5. The largest absolute Gasteiger partial charge is 0.357 e. The SMILES string of the molecule is CNC(=O)[C@H](Cc1ccccc1)N(Cc1ccc(Cl)cc1Cl)C(=O)CN(c1ccc(C)cc1)S(=O)(=O)c1ccc(Cl)cc1. The van der Waals surface area contributed by atoms with Gasteiger partial charge in [-0.05, 0) is 66.6 Å². The summed E-state index contributed by atoms with van der Waals surface area (Å²) >= 11 is 18.6. The first-order chi connectivity index (χ1) is 20.5. The van der Waals surface area contributed by atoms with Gasteiger partial charge in [0, 0.05) is 35.1 Å². The van der Waals surface area contributed by atoms with Crippen LogP contribution in [0.3, 0.4) is 0 Å². The minimum Gasteiger partial charge on any atom is -0.357 e. The highest BCUT2D eigenvalue weighted by Crippen LogP contribution is 2.28. The van der Waals surface area contributed by atoms with Gasteiger partial charge in [0.1, 0.15) is 12.6 Å². The van der Waals surface area contributed by atoms with E-state index >= 15 is 0 Å². The number of sulfonamides is 1. The normalized spacial score (nSPS) is 11.9. The summed E-state index contributed by atoms with van der Waals surface area (Å²) in [6.07, 6.45) is 0.186. The third-order valence-electron chi connectivity index (χ3n) is 6.88. The quantitative estimate of drug-likeness (QED) is 0.198. The number of nitrogens with zero attached hydrogens (tertiary/aromatic N) is 2. The summed E-state index contributed by atoms with van der Waals surface area (Å²) in [5, 5.41) is 3.75. The number of rotatable bonds is 11. The van der Waals surface area contributed by atoms with Crippen molar-refractivity contribution < 1.29 is 18.0 Å². The summed E-state index contributed by atoms with van der Waals surface area (Å²) in [7, 11) is -2.74. The second-order valence-corrected chi connectivity index (χ2v) is 13.0. The van der Waals surface area contributed by atoms with Gasteiger partial charge in [0.05, 0.1) is 10.6 Å². The zero-order valence-electron chi connectivity index (χ0n) is 23.5. The molecule has 7 nitrogen and oxygen atoms in total. The molecule has 11 heteroatoms.